The number of carbonyl (C=O) groups is 2. The number of benzene rings is 1. The first-order valence-corrected chi connectivity index (χ1v) is 9.09. The fourth-order valence-corrected chi connectivity index (χ4v) is 3.46. The van der Waals surface area contributed by atoms with E-state index in [4.69, 9.17) is 17.0 Å². The Morgan fingerprint density at radius 1 is 1.04 bits per heavy atom. The fourth-order valence-electron chi connectivity index (χ4n) is 3.30. The number of likely N-dealkylation sites (N-methyl/N-ethyl adjacent to an activating group) is 2. The van der Waals surface area contributed by atoms with Crippen molar-refractivity contribution in [1.29, 1.82) is 0 Å². The van der Waals surface area contributed by atoms with Crippen LogP contribution in [0.5, 0.6) is 5.75 Å². The molecule has 0 spiro atoms. The number of carbonyl (C=O) groups excluding carboxylic acids is 2. The van der Waals surface area contributed by atoms with Gasteiger partial charge in [0.1, 0.15) is 11.3 Å². The zero-order valence-corrected chi connectivity index (χ0v) is 16.1. The van der Waals surface area contributed by atoms with Crippen LogP contribution >= 0.6 is 12.2 Å². The molecule has 2 heterocycles. The van der Waals surface area contributed by atoms with Crippen LogP contribution in [0.4, 0.5) is 5.69 Å². The lowest BCUT2D eigenvalue weighted by atomic mass is 10.0. The summed E-state index contributed by atoms with van der Waals surface area (Å²) >= 11 is 5.11. The minimum absolute atomic E-state index is 0.0765. The van der Waals surface area contributed by atoms with E-state index in [2.05, 4.69) is 4.90 Å². The molecule has 2 aliphatic heterocycles. The summed E-state index contributed by atoms with van der Waals surface area (Å²) < 4.78 is 5.52. The van der Waals surface area contributed by atoms with Crippen LogP contribution in [0.2, 0.25) is 0 Å². The van der Waals surface area contributed by atoms with Crippen molar-refractivity contribution < 1.29 is 14.3 Å². The molecular weight excluding hydrogens is 350 g/mol. The summed E-state index contributed by atoms with van der Waals surface area (Å²) in [4.78, 5) is 29.9. The maximum Gasteiger partial charge on any atom is 0.265 e. The number of hydrogen-bond donors (Lipinski definition) is 0. The Labute approximate surface area is 159 Å². The van der Waals surface area contributed by atoms with Gasteiger partial charge < -0.3 is 9.64 Å². The molecule has 26 heavy (non-hydrogen) atoms. The number of nitrogens with zero attached hydrogens (tertiary/aromatic N) is 3. The number of anilines is 1. The molecule has 2 saturated heterocycles. The van der Waals surface area contributed by atoms with Gasteiger partial charge in [-0.1, -0.05) is 0 Å². The Morgan fingerprint density at radius 3 is 2.23 bits per heavy atom. The summed E-state index contributed by atoms with van der Waals surface area (Å²) in [5.41, 5.74) is 1.87. The summed E-state index contributed by atoms with van der Waals surface area (Å²) in [6, 6.07) is 5.87. The number of amides is 2. The van der Waals surface area contributed by atoms with Crippen LogP contribution in [-0.2, 0) is 9.59 Å². The second-order valence-electron chi connectivity index (χ2n) is 6.54. The van der Waals surface area contributed by atoms with Crippen LogP contribution in [0, 0.1) is 0 Å². The Morgan fingerprint density at radius 2 is 1.65 bits per heavy atom. The highest BCUT2D eigenvalue weighted by Crippen LogP contribution is 2.30. The average Bonchev–Trinajstić information content (AvgIpc) is 2.69. The number of hydrogen-bond acceptors (Lipinski definition) is 5. The minimum Gasteiger partial charge on any atom is -0.496 e. The Hall–Kier alpha value is -2.41. The molecule has 3 rings (SSSR count). The van der Waals surface area contributed by atoms with Crippen LogP contribution in [0.3, 0.4) is 0 Å². The van der Waals surface area contributed by atoms with Crippen LogP contribution < -0.4 is 9.64 Å². The van der Waals surface area contributed by atoms with Crippen LogP contribution in [0.15, 0.2) is 23.8 Å². The maximum atomic E-state index is 12.5. The molecule has 0 N–H and O–H groups in total. The van der Waals surface area contributed by atoms with Gasteiger partial charge in [0, 0.05) is 44.5 Å². The van der Waals surface area contributed by atoms with Crippen molar-refractivity contribution >= 4 is 40.9 Å². The number of rotatable bonds is 3. The average molecular weight is 373 g/mol. The molecule has 0 saturated carbocycles. The molecule has 138 valence electrons. The molecule has 0 aliphatic carbocycles. The van der Waals surface area contributed by atoms with Crippen LogP contribution in [0.25, 0.3) is 6.08 Å². The van der Waals surface area contributed by atoms with E-state index in [9.17, 15) is 9.59 Å². The lowest BCUT2D eigenvalue weighted by molar-refractivity contribution is -0.132. The predicted octanol–water partition coefficient (Wildman–Crippen LogP) is 2.28. The van der Waals surface area contributed by atoms with Crippen LogP contribution in [0.1, 0.15) is 24.8 Å². The molecule has 0 atom stereocenters. The summed E-state index contributed by atoms with van der Waals surface area (Å²) in [7, 11) is 4.73. The van der Waals surface area contributed by atoms with Gasteiger partial charge >= 0.3 is 0 Å². The van der Waals surface area contributed by atoms with Gasteiger partial charge in [-0.3, -0.25) is 19.4 Å². The molecule has 7 heteroatoms. The largest absolute Gasteiger partial charge is 0.496 e. The molecule has 0 radical (unpaired) electrons. The highest BCUT2D eigenvalue weighted by molar-refractivity contribution is 7.80. The first-order chi connectivity index (χ1) is 12.4. The third kappa shape index (κ3) is 3.31. The molecule has 0 aromatic heterocycles. The fraction of sp³-hybridized carbons (Fsp3) is 0.421. The number of ether oxygens (including phenoxy) is 1. The summed E-state index contributed by atoms with van der Waals surface area (Å²) in [6.45, 7) is 2.07. The molecule has 1 aromatic carbocycles. The quantitative estimate of drug-likeness (QED) is 0.462. The Bertz CT molecular complexity index is 758. The molecule has 0 bridgehead atoms. The van der Waals surface area contributed by atoms with Crippen molar-refractivity contribution in [3.63, 3.8) is 0 Å². The molecule has 2 amide bonds. The van der Waals surface area contributed by atoms with Gasteiger partial charge in [0.25, 0.3) is 11.8 Å². The first-order valence-electron chi connectivity index (χ1n) is 8.69. The first kappa shape index (κ1) is 18.4. The number of thiocarbonyl (C=S) groups is 1. The summed E-state index contributed by atoms with van der Waals surface area (Å²) in [5.74, 6) is -0.167. The molecule has 2 aliphatic rings. The van der Waals surface area contributed by atoms with E-state index in [1.807, 2.05) is 18.2 Å². The van der Waals surface area contributed by atoms with Crippen molar-refractivity contribution in [3.05, 3.63) is 29.3 Å². The summed E-state index contributed by atoms with van der Waals surface area (Å²) in [5, 5.41) is 0.199. The monoisotopic (exact) mass is 373 g/mol. The van der Waals surface area contributed by atoms with Gasteiger partial charge in [-0.05, 0) is 49.7 Å². The van der Waals surface area contributed by atoms with E-state index >= 15 is 0 Å². The van der Waals surface area contributed by atoms with E-state index in [1.165, 1.54) is 29.1 Å². The second kappa shape index (κ2) is 7.45. The van der Waals surface area contributed by atoms with Crippen molar-refractivity contribution in [1.82, 2.24) is 9.80 Å². The lowest BCUT2D eigenvalue weighted by Gasteiger charge is -2.32. The van der Waals surface area contributed by atoms with Gasteiger partial charge in [-0.25, -0.2) is 0 Å². The van der Waals surface area contributed by atoms with Crippen molar-refractivity contribution in [2.24, 2.45) is 0 Å². The SMILES string of the molecule is COc1cc(N2CCCCC2)ccc1C=C1C(=O)N(C)C(=S)N(C)C1=O. The zero-order valence-electron chi connectivity index (χ0n) is 15.3. The van der Waals surface area contributed by atoms with Gasteiger partial charge in [0.05, 0.1) is 7.11 Å². The van der Waals surface area contributed by atoms with Gasteiger partial charge in [0.15, 0.2) is 5.11 Å². The number of methoxy groups -OCH3 is 1. The standard InChI is InChI=1S/C19H23N3O3S/c1-20-17(23)15(18(24)21(2)19(20)26)11-13-7-8-14(12-16(13)25-3)22-9-5-4-6-10-22/h7-8,11-12H,4-6,9-10H2,1-3H3. The second-order valence-corrected chi connectivity index (χ2v) is 6.91. The van der Waals surface area contributed by atoms with Crippen molar-refractivity contribution in [2.75, 3.05) is 39.2 Å². The van der Waals surface area contributed by atoms with Gasteiger partial charge in [-0.2, -0.15) is 0 Å². The van der Waals surface area contributed by atoms with E-state index in [0.717, 1.165) is 18.8 Å². The molecule has 6 nitrogen and oxygen atoms in total. The molecule has 2 fully saturated rings. The third-order valence-electron chi connectivity index (χ3n) is 4.88. The molecule has 0 unspecified atom stereocenters. The Kier molecular flexibility index (Phi) is 5.27. The van der Waals surface area contributed by atoms with Crippen LogP contribution in [-0.4, -0.2) is 61.0 Å². The van der Waals surface area contributed by atoms with Gasteiger partial charge in [0.2, 0.25) is 0 Å². The van der Waals surface area contributed by atoms with Gasteiger partial charge in [-0.15, -0.1) is 0 Å². The predicted molar refractivity (Wildman–Crippen MR) is 105 cm³/mol. The Balaban J connectivity index is 1.95. The third-order valence-corrected chi connectivity index (χ3v) is 5.43. The molecule has 1 aromatic rings. The van der Waals surface area contributed by atoms with E-state index in [0.29, 0.717) is 11.3 Å². The molecular formula is C19H23N3O3S. The van der Waals surface area contributed by atoms with E-state index in [-0.39, 0.29) is 10.7 Å². The lowest BCUT2D eigenvalue weighted by Crippen LogP contribution is -2.52. The topological polar surface area (TPSA) is 53.1 Å². The normalized spacial score (nSPS) is 18.5. The van der Waals surface area contributed by atoms with Crippen molar-refractivity contribution in [3.8, 4) is 5.75 Å². The summed E-state index contributed by atoms with van der Waals surface area (Å²) in [6.07, 6.45) is 5.23. The highest BCUT2D eigenvalue weighted by Gasteiger charge is 2.35. The maximum absolute atomic E-state index is 12.5. The number of piperidine rings is 1. The van der Waals surface area contributed by atoms with E-state index in [1.54, 1.807) is 27.3 Å². The zero-order chi connectivity index (χ0) is 18.8. The van der Waals surface area contributed by atoms with Crippen molar-refractivity contribution in [2.45, 2.75) is 19.3 Å². The highest BCUT2D eigenvalue weighted by atomic mass is 32.1. The minimum atomic E-state index is -0.403. The smallest absolute Gasteiger partial charge is 0.265 e. The van der Waals surface area contributed by atoms with E-state index < -0.39 is 11.8 Å².